The second kappa shape index (κ2) is 6.25. The number of aliphatic imine (C=N–C) groups is 1. The lowest BCUT2D eigenvalue weighted by atomic mass is 9.80. The van der Waals surface area contributed by atoms with Crippen molar-refractivity contribution in [3.05, 3.63) is 0 Å². The number of nitrogens with one attached hydrogen (secondary N) is 2. The smallest absolute Gasteiger partial charge is 0.117 e. The lowest BCUT2D eigenvalue weighted by Crippen LogP contribution is -2.59. The molecule has 1 aliphatic heterocycles. The first-order chi connectivity index (χ1) is 9.39. The van der Waals surface area contributed by atoms with Gasteiger partial charge in [-0.25, -0.2) is 0 Å². The highest BCUT2D eigenvalue weighted by atomic mass is 15.1. The summed E-state index contributed by atoms with van der Waals surface area (Å²) in [4.78, 5) is 4.94. The number of rotatable bonds is 1. The minimum atomic E-state index is 0.201. The molecule has 2 fully saturated rings. The molecule has 0 aromatic heterocycles. The number of amidine groups is 1. The Morgan fingerprint density at radius 2 is 1.68 bits per heavy atom. The van der Waals surface area contributed by atoms with Gasteiger partial charge in [0.15, 0.2) is 0 Å². The summed E-state index contributed by atoms with van der Waals surface area (Å²) in [6.07, 6.45) is 14.8. The van der Waals surface area contributed by atoms with Crippen LogP contribution in [0.15, 0.2) is 4.99 Å². The van der Waals surface area contributed by atoms with E-state index >= 15 is 0 Å². The highest BCUT2D eigenvalue weighted by Gasteiger charge is 2.38. The Balaban J connectivity index is 1.72. The van der Waals surface area contributed by atoms with Crippen LogP contribution in [0.25, 0.3) is 0 Å². The molecule has 2 aliphatic carbocycles. The van der Waals surface area contributed by atoms with Gasteiger partial charge >= 0.3 is 0 Å². The Morgan fingerprint density at radius 3 is 2.47 bits per heavy atom. The molecule has 3 aliphatic rings. The van der Waals surface area contributed by atoms with Crippen LogP contribution >= 0.6 is 0 Å². The zero-order chi connectivity index (χ0) is 13.0. The molecule has 1 heterocycles. The number of nitrogens with zero attached hydrogens (tertiary/aromatic N) is 1. The van der Waals surface area contributed by atoms with Gasteiger partial charge in [0, 0.05) is 12.6 Å². The van der Waals surface area contributed by atoms with Crippen LogP contribution in [0.5, 0.6) is 0 Å². The first-order valence-electron chi connectivity index (χ1n) is 8.46. The Morgan fingerprint density at radius 1 is 0.947 bits per heavy atom. The van der Waals surface area contributed by atoms with Crippen molar-refractivity contribution in [1.29, 1.82) is 0 Å². The molecule has 0 saturated heterocycles. The van der Waals surface area contributed by atoms with Crippen molar-refractivity contribution < 1.29 is 0 Å². The van der Waals surface area contributed by atoms with E-state index in [-0.39, 0.29) is 5.54 Å². The van der Waals surface area contributed by atoms with E-state index in [1.165, 1.54) is 76.5 Å². The summed E-state index contributed by atoms with van der Waals surface area (Å²) in [5.41, 5.74) is 0.201. The molecule has 2 saturated carbocycles. The van der Waals surface area contributed by atoms with Crippen LogP contribution in [0.2, 0.25) is 0 Å². The zero-order valence-corrected chi connectivity index (χ0v) is 12.2. The highest BCUT2D eigenvalue weighted by molar-refractivity contribution is 5.92. The van der Waals surface area contributed by atoms with Crippen LogP contribution in [-0.2, 0) is 0 Å². The molecule has 3 heteroatoms. The maximum absolute atomic E-state index is 4.94. The fourth-order valence-corrected chi connectivity index (χ4v) is 4.03. The van der Waals surface area contributed by atoms with Gasteiger partial charge in [-0.15, -0.1) is 0 Å². The molecule has 3 rings (SSSR count). The van der Waals surface area contributed by atoms with Gasteiger partial charge in [0.1, 0.15) is 5.84 Å². The van der Waals surface area contributed by atoms with E-state index in [0.717, 1.165) is 13.1 Å². The van der Waals surface area contributed by atoms with E-state index in [2.05, 4.69) is 10.6 Å². The van der Waals surface area contributed by atoms with E-state index in [0.29, 0.717) is 6.04 Å². The molecule has 1 spiro atoms. The van der Waals surface area contributed by atoms with Gasteiger partial charge in [0.05, 0.1) is 5.54 Å². The molecule has 0 atom stereocenters. The maximum Gasteiger partial charge on any atom is 0.117 e. The zero-order valence-electron chi connectivity index (χ0n) is 12.2. The summed E-state index contributed by atoms with van der Waals surface area (Å²) in [6, 6.07) is 0.686. The topological polar surface area (TPSA) is 36.4 Å². The molecule has 108 valence electrons. The van der Waals surface area contributed by atoms with Crippen molar-refractivity contribution in [2.45, 2.75) is 82.2 Å². The van der Waals surface area contributed by atoms with Crippen LogP contribution < -0.4 is 10.6 Å². The quantitative estimate of drug-likeness (QED) is 0.763. The molecular formula is C16H29N3. The van der Waals surface area contributed by atoms with Crippen LogP contribution in [0.1, 0.15) is 70.6 Å². The third-order valence-electron chi connectivity index (χ3n) is 5.17. The van der Waals surface area contributed by atoms with Gasteiger partial charge < -0.3 is 10.6 Å². The van der Waals surface area contributed by atoms with Crippen LogP contribution in [0, 0.1) is 0 Å². The van der Waals surface area contributed by atoms with E-state index in [1.807, 2.05) is 0 Å². The summed E-state index contributed by atoms with van der Waals surface area (Å²) in [7, 11) is 0. The Labute approximate surface area is 117 Å². The minimum Gasteiger partial charge on any atom is -0.370 e. The number of hydrogen-bond donors (Lipinski definition) is 2. The fraction of sp³-hybridized carbons (Fsp3) is 0.938. The standard InChI is InChI=1S/C16H29N3/c1-3-8-14(9-4-1)19-15-16(10-5-2-6-11-16)18-13-7-12-17-15/h14,18H,1-13H2,(H,17,19). The van der Waals surface area contributed by atoms with Crippen molar-refractivity contribution in [2.24, 2.45) is 4.99 Å². The first kappa shape index (κ1) is 13.4. The van der Waals surface area contributed by atoms with Crippen LogP contribution in [0.3, 0.4) is 0 Å². The summed E-state index contributed by atoms with van der Waals surface area (Å²) < 4.78 is 0. The summed E-state index contributed by atoms with van der Waals surface area (Å²) in [5, 5.41) is 7.69. The molecule has 0 bridgehead atoms. The molecule has 0 amide bonds. The lowest BCUT2D eigenvalue weighted by Gasteiger charge is -2.40. The third-order valence-corrected chi connectivity index (χ3v) is 5.17. The molecule has 0 aromatic rings. The van der Waals surface area contributed by atoms with Gasteiger partial charge in [-0.2, -0.15) is 0 Å². The van der Waals surface area contributed by atoms with Gasteiger partial charge in [0.25, 0.3) is 0 Å². The molecule has 0 radical (unpaired) electrons. The minimum absolute atomic E-state index is 0.201. The fourth-order valence-electron chi connectivity index (χ4n) is 4.03. The summed E-state index contributed by atoms with van der Waals surface area (Å²) >= 11 is 0. The van der Waals surface area contributed by atoms with Gasteiger partial charge in [0.2, 0.25) is 0 Å². The average Bonchev–Trinajstić information content (AvgIpc) is 2.65. The number of hydrogen-bond acceptors (Lipinski definition) is 3. The predicted octanol–water partition coefficient (Wildman–Crippen LogP) is 3.00. The molecule has 0 unspecified atom stereocenters. The third kappa shape index (κ3) is 3.13. The second-order valence-corrected chi connectivity index (χ2v) is 6.63. The van der Waals surface area contributed by atoms with E-state index < -0.39 is 0 Å². The first-order valence-corrected chi connectivity index (χ1v) is 8.46. The monoisotopic (exact) mass is 263 g/mol. The average molecular weight is 263 g/mol. The molecular weight excluding hydrogens is 234 g/mol. The van der Waals surface area contributed by atoms with Crippen molar-refractivity contribution in [1.82, 2.24) is 10.6 Å². The molecule has 2 N–H and O–H groups in total. The normalized spacial score (nSPS) is 28.7. The highest BCUT2D eigenvalue weighted by Crippen LogP contribution is 2.31. The Hall–Kier alpha value is -0.570. The van der Waals surface area contributed by atoms with Gasteiger partial charge in [-0.1, -0.05) is 38.5 Å². The van der Waals surface area contributed by atoms with Gasteiger partial charge in [-0.3, -0.25) is 4.99 Å². The van der Waals surface area contributed by atoms with Crippen molar-refractivity contribution in [3.63, 3.8) is 0 Å². The summed E-state index contributed by atoms with van der Waals surface area (Å²) in [5.74, 6) is 1.32. The Bertz CT molecular complexity index is 312. The van der Waals surface area contributed by atoms with Crippen molar-refractivity contribution in [2.75, 3.05) is 13.1 Å². The van der Waals surface area contributed by atoms with E-state index in [1.54, 1.807) is 0 Å². The lowest BCUT2D eigenvalue weighted by molar-refractivity contribution is 0.302. The largest absolute Gasteiger partial charge is 0.370 e. The predicted molar refractivity (Wildman–Crippen MR) is 80.7 cm³/mol. The molecule has 19 heavy (non-hydrogen) atoms. The SMILES string of the molecule is C1CCC(NC2=NCCCNC23CCCCC3)CC1. The summed E-state index contributed by atoms with van der Waals surface area (Å²) in [6.45, 7) is 2.14. The van der Waals surface area contributed by atoms with Crippen molar-refractivity contribution >= 4 is 5.84 Å². The molecule has 3 nitrogen and oxygen atoms in total. The Kier molecular flexibility index (Phi) is 4.42. The second-order valence-electron chi connectivity index (χ2n) is 6.63. The van der Waals surface area contributed by atoms with Crippen molar-refractivity contribution in [3.8, 4) is 0 Å². The van der Waals surface area contributed by atoms with Gasteiger partial charge in [-0.05, 0) is 38.6 Å². The van der Waals surface area contributed by atoms with Crippen LogP contribution in [0.4, 0.5) is 0 Å². The molecule has 0 aromatic carbocycles. The van der Waals surface area contributed by atoms with E-state index in [9.17, 15) is 0 Å². The van der Waals surface area contributed by atoms with E-state index in [4.69, 9.17) is 4.99 Å². The van der Waals surface area contributed by atoms with Crippen LogP contribution in [-0.4, -0.2) is 30.5 Å². The maximum atomic E-state index is 4.94.